The number of aromatic nitrogens is 3. The van der Waals surface area contributed by atoms with E-state index >= 15 is 0 Å². The number of carbonyl (C=O) groups is 2. The van der Waals surface area contributed by atoms with Crippen molar-refractivity contribution in [3.63, 3.8) is 0 Å². The molecule has 0 aliphatic carbocycles. The number of hydrogen-bond donors (Lipinski definition) is 1. The molecular formula is C19H20N4O3. The van der Waals surface area contributed by atoms with Crippen LogP contribution in [0.2, 0.25) is 0 Å². The number of amides is 1. The molecule has 0 radical (unpaired) electrons. The first kappa shape index (κ1) is 17.6. The number of hydrogen-bond acceptors (Lipinski definition) is 5. The van der Waals surface area contributed by atoms with Crippen LogP contribution in [-0.4, -0.2) is 26.6 Å². The molecule has 0 saturated carbocycles. The van der Waals surface area contributed by atoms with Crippen LogP contribution in [0.3, 0.4) is 0 Å². The van der Waals surface area contributed by atoms with Crippen molar-refractivity contribution in [2.24, 2.45) is 0 Å². The summed E-state index contributed by atoms with van der Waals surface area (Å²) in [6.45, 7) is 7.25. The molecule has 0 spiro atoms. The SMILES string of the molecule is CC(=O)Nc1ccc(OC(=O)c2cc3cnn(C(C)C)c3nc2C)cc1. The summed E-state index contributed by atoms with van der Waals surface area (Å²) in [6.07, 6.45) is 1.70. The molecule has 1 N–H and O–H groups in total. The Morgan fingerprint density at radius 1 is 1.19 bits per heavy atom. The Morgan fingerprint density at radius 3 is 2.50 bits per heavy atom. The highest BCUT2D eigenvalue weighted by Crippen LogP contribution is 2.22. The van der Waals surface area contributed by atoms with E-state index in [2.05, 4.69) is 15.4 Å². The van der Waals surface area contributed by atoms with E-state index in [-0.39, 0.29) is 11.9 Å². The van der Waals surface area contributed by atoms with Crippen LogP contribution < -0.4 is 10.1 Å². The van der Waals surface area contributed by atoms with E-state index in [9.17, 15) is 9.59 Å². The van der Waals surface area contributed by atoms with Gasteiger partial charge in [0.15, 0.2) is 5.65 Å². The molecule has 2 aromatic heterocycles. The van der Waals surface area contributed by atoms with Crippen molar-refractivity contribution in [1.82, 2.24) is 14.8 Å². The van der Waals surface area contributed by atoms with E-state index in [1.807, 2.05) is 18.5 Å². The van der Waals surface area contributed by atoms with Crippen LogP contribution in [0.4, 0.5) is 5.69 Å². The predicted octanol–water partition coefficient (Wildman–Crippen LogP) is 3.50. The number of nitrogens with one attached hydrogen (secondary N) is 1. The number of carbonyl (C=O) groups excluding carboxylic acids is 2. The summed E-state index contributed by atoms with van der Waals surface area (Å²) in [5, 5.41) is 7.77. The zero-order valence-corrected chi connectivity index (χ0v) is 15.1. The lowest BCUT2D eigenvalue weighted by atomic mass is 10.1. The van der Waals surface area contributed by atoms with Crippen LogP contribution in [0, 0.1) is 6.92 Å². The molecule has 0 aliphatic rings. The van der Waals surface area contributed by atoms with Gasteiger partial charge < -0.3 is 10.1 Å². The highest BCUT2D eigenvalue weighted by atomic mass is 16.5. The highest BCUT2D eigenvalue weighted by molar-refractivity contribution is 5.95. The quantitative estimate of drug-likeness (QED) is 0.574. The van der Waals surface area contributed by atoms with Crippen molar-refractivity contribution in [2.75, 3.05) is 5.32 Å². The van der Waals surface area contributed by atoms with E-state index in [1.165, 1.54) is 6.92 Å². The molecule has 0 saturated heterocycles. The number of anilines is 1. The monoisotopic (exact) mass is 352 g/mol. The first-order chi connectivity index (χ1) is 12.3. The summed E-state index contributed by atoms with van der Waals surface area (Å²) in [6, 6.07) is 8.52. The molecule has 7 heteroatoms. The fraction of sp³-hybridized carbons (Fsp3) is 0.263. The Bertz CT molecular complexity index is 974. The van der Waals surface area contributed by atoms with Crippen LogP contribution in [0.25, 0.3) is 11.0 Å². The third kappa shape index (κ3) is 3.56. The zero-order valence-electron chi connectivity index (χ0n) is 15.1. The Kier molecular flexibility index (Phi) is 4.71. The number of nitrogens with zero attached hydrogens (tertiary/aromatic N) is 3. The van der Waals surface area contributed by atoms with Crippen LogP contribution >= 0.6 is 0 Å². The second-order valence-corrected chi connectivity index (χ2v) is 6.31. The fourth-order valence-electron chi connectivity index (χ4n) is 2.62. The van der Waals surface area contributed by atoms with Gasteiger partial charge in [0.1, 0.15) is 5.75 Å². The fourth-order valence-corrected chi connectivity index (χ4v) is 2.62. The van der Waals surface area contributed by atoms with E-state index < -0.39 is 5.97 Å². The van der Waals surface area contributed by atoms with Crippen molar-refractivity contribution in [3.8, 4) is 5.75 Å². The summed E-state index contributed by atoms with van der Waals surface area (Å²) in [5.74, 6) is -0.255. The summed E-state index contributed by atoms with van der Waals surface area (Å²) in [7, 11) is 0. The van der Waals surface area contributed by atoms with Gasteiger partial charge in [-0.3, -0.25) is 4.79 Å². The first-order valence-electron chi connectivity index (χ1n) is 8.30. The van der Waals surface area contributed by atoms with Crippen LogP contribution in [0.5, 0.6) is 5.75 Å². The average Bonchev–Trinajstić information content (AvgIpc) is 2.98. The number of benzene rings is 1. The molecule has 0 unspecified atom stereocenters. The van der Waals surface area contributed by atoms with Gasteiger partial charge in [-0.2, -0.15) is 5.10 Å². The van der Waals surface area contributed by atoms with Gasteiger partial charge in [-0.15, -0.1) is 0 Å². The van der Waals surface area contributed by atoms with Gasteiger partial charge in [-0.1, -0.05) is 0 Å². The lowest BCUT2D eigenvalue weighted by Crippen LogP contribution is -2.12. The molecule has 0 aliphatic heterocycles. The number of pyridine rings is 1. The molecule has 1 aromatic carbocycles. The highest BCUT2D eigenvalue weighted by Gasteiger charge is 2.17. The maximum atomic E-state index is 12.5. The third-order valence-corrected chi connectivity index (χ3v) is 3.85. The first-order valence-corrected chi connectivity index (χ1v) is 8.30. The predicted molar refractivity (Wildman–Crippen MR) is 98.4 cm³/mol. The number of ether oxygens (including phenoxy) is 1. The third-order valence-electron chi connectivity index (χ3n) is 3.85. The standard InChI is InChI=1S/C19H20N4O3/c1-11(2)23-18-14(10-20-23)9-17(12(3)21-18)19(25)26-16-7-5-15(6-8-16)22-13(4)24/h5-11H,1-4H3,(H,22,24). The minimum Gasteiger partial charge on any atom is -0.423 e. The number of fused-ring (bicyclic) bond motifs is 1. The Hall–Kier alpha value is -3.22. The zero-order chi connectivity index (χ0) is 18.8. The molecule has 0 atom stereocenters. The minimum atomic E-state index is -0.485. The van der Waals surface area contributed by atoms with Gasteiger partial charge in [0.05, 0.1) is 17.5 Å². The van der Waals surface area contributed by atoms with Crippen molar-refractivity contribution in [3.05, 3.63) is 47.8 Å². The molecule has 2 heterocycles. The molecule has 134 valence electrons. The van der Waals surface area contributed by atoms with E-state index in [0.717, 1.165) is 11.0 Å². The molecule has 26 heavy (non-hydrogen) atoms. The topological polar surface area (TPSA) is 86.1 Å². The van der Waals surface area contributed by atoms with Gasteiger partial charge in [0.2, 0.25) is 5.91 Å². The smallest absolute Gasteiger partial charge is 0.345 e. The van der Waals surface area contributed by atoms with E-state index in [0.29, 0.717) is 22.7 Å². The van der Waals surface area contributed by atoms with Crippen molar-refractivity contribution in [2.45, 2.75) is 33.7 Å². The number of aryl methyl sites for hydroxylation is 1. The Labute approximate surface area is 151 Å². The van der Waals surface area contributed by atoms with E-state index in [4.69, 9.17) is 4.74 Å². The van der Waals surface area contributed by atoms with Gasteiger partial charge in [-0.25, -0.2) is 14.5 Å². The normalized spacial score (nSPS) is 11.0. The van der Waals surface area contributed by atoms with Crippen molar-refractivity contribution >= 4 is 28.6 Å². The molecule has 1 amide bonds. The van der Waals surface area contributed by atoms with Gasteiger partial charge in [0, 0.05) is 24.0 Å². The summed E-state index contributed by atoms with van der Waals surface area (Å²) in [4.78, 5) is 28.1. The second kappa shape index (κ2) is 6.95. The molecule has 7 nitrogen and oxygen atoms in total. The van der Waals surface area contributed by atoms with Crippen molar-refractivity contribution < 1.29 is 14.3 Å². The molecular weight excluding hydrogens is 332 g/mol. The van der Waals surface area contributed by atoms with Gasteiger partial charge in [-0.05, 0) is 51.1 Å². The summed E-state index contributed by atoms with van der Waals surface area (Å²) < 4.78 is 7.24. The Balaban J connectivity index is 1.83. The largest absolute Gasteiger partial charge is 0.423 e. The number of esters is 1. The van der Waals surface area contributed by atoms with Crippen LogP contribution in [0.15, 0.2) is 36.5 Å². The maximum Gasteiger partial charge on any atom is 0.345 e. The van der Waals surface area contributed by atoms with Crippen LogP contribution in [-0.2, 0) is 4.79 Å². The van der Waals surface area contributed by atoms with Crippen molar-refractivity contribution in [1.29, 1.82) is 0 Å². The molecule has 3 rings (SSSR count). The van der Waals surface area contributed by atoms with E-state index in [1.54, 1.807) is 43.5 Å². The Morgan fingerprint density at radius 2 is 1.88 bits per heavy atom. The lowest BCUT2D eigenvalue weighted by Gasteiger charge is -2.10. The summed E-state index contributed by atoms with van der Waals surface area (Å²) in [5.41, 5.74) is 2.36. The van der Waals surface area contributed by atoms with Gasteiger partial charge in [0.25, 0.3) is 0 Å². The molecule has 3 aromatic rings. The lowest BCUT2D eigenvalue weighted by molar-refractivity contribution is -0.114. The average molecular weight is 352 g/mol. The summed E-state index contributed by atoms with van der Waals surface area (Å²) >= 11 is 0. The molecule has 0 bridgehead atoms. The van der Waals surface area contributed by atoms with Gasteiger partial charge >= 0.3 is 5.97 Å². The maximum absolute atomic E-state index is 12.5. The van der Waals surface area contributed by atoms with Crippen LogP contribution in [0.1, 0.15) is 42.9 Å². The second-order valence-electron chi connectivity index (χ2n) is 6.31. The molecule has 0 fully saturated rings. The minimum absolute atomic E-state index is 0.160. The number of rotatable bonds is 4.